The second kappa shape index (κ2) is 12.2. The molecule has 0 spiro atoms. The SMILES string of the molecule is c1ccc(-c2cccc(-n3c4ccccc4c4cc(-c5ccc6c(c5)c5ccccc5n6-c5ccc(-c6ccccc6)c6ccccc56)ccc43)c2)cc1. The molecule has 0 amide bonds. The third-order valence-electron chi connectivity index (χ3n) is 11.1. The minimum Gasteiger partial charge on any atom is -0.309 e. The molecule has 2 heterocycles. The summed E-state index contributed by atoms with van der Waals surface area (Å²) in [6, 6.07) is 75.2. The van der Waals surface area contributed by atoms with Crippen LogP contribution in [0.3, 0.4) is 0 Å². The van der Waals surface area contributed by atoms with Crippen molar-refractivity contribution in [3.63, 3.8) is 0 Å². The van der Waals surface area contributed by atoms with Gasteiger partial charge in [-0.25, -0.2) is 0 Å². The van der Waals surface area contributed by atoms with Gasteiger partial charge in [0.05, 0.1) is 27.8 Å². The van der Waals surface area contributed by atoms with Crippen molar-refractivity contribution >= 4 is 54.4 Å². The average Bonchev–Trinajstić information content (AvgIpc) is 3.76. The summed E-state index contributed by atoms with van der Waals surface area (Å²) in [5, 5.41) is 7.49. The van der Waals surface area contributed by atoms with Crippen LogP contribution in [-0.2, 0) is 0 Å². The van der Waals surface area contributed by atoms with Crippen LogP contribution in [0.15, 0.2) is 206 Å². The van der Waals surface area contributed by atoms with Crippen LogP contribution in [-0.4, -0.2) is 9.13 Å². The Morgan fingerprint density at radius 1 is 0.241 bits per heavy atom. The highest BCUT2D eigenvalue weighted by atomic mass is 15.0. The van der Waals surface area contributed by atoms with Gasteiger partial charge in [0, 0.05) is 32.6 Å². The van der Waals surface area contributed by atoms with E-state index < -0.39 is 0 Å². The van der Waals surface area contributed by atoms with Gasteiger partial charge in [-0.3, -0.25) is 0 Å². The van der Waals surface area contributed by atoms with Crippen molar-refractivity contribution in [2.45, 2.75) is 0 Å². The molecule has 0 saturated carbocycles. The van der Waals surface area contributed by atoms with Crippen molar-refractivity contribution in [2.75, 3.05) is 0 Å². The fourth-order valence-electron chi connectivity index (χ4n) is 8.65. The highest BCUT2D eigenvalue weighted by molar-refractivity contribution is 6.14. The molecule has 0 bridgehead atoms. The van der Waals surface area contributed by atoms with Crippen molar-refractivity contribution in [3.8, 4) is 44.8 Å². The molecule has 11 aromatic rings. The number of para-hydroxylation sites is 2. The number of fused-ring (bicyclic) bond motifs is 7. The average molecular weight is 687 g/mol. The van der Waals surface area contributed by atoms with E-state index in [1.165, 1.54) is 93.5 Å². The number of hydrogen-bond acceptors (Lipinski definition) is 0. The predicted octanol–water partition coefficient (Wildman–Crippen LogP) is 14.0. The molecule has 0 saturated heterocycles. The summed E-state index contributed by atoms with van der Waals surface area (Å²) < 4.78 is 4.86. The summed E-state index contributed by atoms with van der Waals surface area (Å²) in [5.74, 6) is 0. The highest BCUT2D eigenvalue weighted by Crippen LogP contribution is 2.41. The van der Waals surface area contributed by atoms with Crippen LogP contribution in [0.5, 0.6) is 0 Å². The summed E-state index contributed by atoms with van der Waals surface area (Å²) >= 11 is 0. The molecule has 2 nitrogen and oxygen atoms in total. The molecule has 11 rings (SSSR count). The second-order valence-corrected chi connectivity index (χ2v) is 14.1. The molecule has 0 aliphatic carbocycles. The largest absolute Gasteiger partial charge is 0.309 e. The van der Waals surface area contributed by atoms with Gasteiger partial charge in [-0.05, 0) is 93.4 Å². The van der Waals surface area contributed by atoms with E-state index in [0.717, 1.165) is 5.69 Å². The Bertz CT molecular complexity index is 3200. The molecule has 0 atom stereocenters. The first kappa shape index (κ1) is 30.5. The van der Waals surface area contributed by atoms with Crippen LogP contribution in [0.1, 0.15) is 0 Å². The molecule has 0 aliphatic rings. The maximum absolute atomic E-state index is 2.45. The fraction of sp³-hybridized carbons (Fsp3) is 0. The quantitative estimate of drug-likeness (QED) is 0.171. The van der Waals surface area contributed by atoms with Crippen molar-refractivity contribution in [1.29, 1.82) is 0 Å². The topological polar surface area (TPSA) is 9.86 Å². The van der Waals surface area contributed by atoms with Gasteiger partial charge in [-0.1, -0.05) is 152 Å². The molecule has 2 heteroatoms. The summed E-state index contributed by atoms with van der Waals surface area (Å²) in [5.41, 5.74) is 14.5. The standard InChI is InChI=1S/C52H34N2/c1-3-14-35(15-4-1)37-18-13-19-40(32-37)53-48-24-11-9-22-44(48)46-33-38(26-29-51(46)53)39-27-30-52-47(34-39)45-23-10-12-25-49(45)54(52)50-31-28-41(36-16-5-2-6-17-36)42-20-7-8-21-43(42)50/h1-34H. The summed E-state index contributed by atoms with van der Waals surface area (Å²) in [6.45, 7) is 0. The lowest BCUT2D eigenvalue weighted by molar-refractivity contribution is 1.18. The summed E-state index contributed by atoms with van der Waals surface area (Å²) in [7, 11) is 0. The molecule has 0 N–H and O–H groups in total. The van der Waals surface area contributed by atoms with E-state index >= 15 is 0 Å². The molecular formula is C52H34N2. The number of rotatable bonds is 5. The van der Waals surface area contributed by atoms with Gasteiger partial charge in [0.25, 0.3) is 0 Å². The van der Waals surface area contributed by atoms with Gasteiger partial charge in [0.1, 0.15) is 0 Å². The van der Waals surface area contributed by atoms with E-state index in [-0.39, 0.29) is 0 Å². The Balaban J connectivity index is 1.07. The first-order valence-corrected chi connectivity index (χ1v) is 18.6. The van der Waals surface area contributed by atoms with Crippen LogP contribution in [0.25, 0.3) is 99.1 Å². The number of nitrogens with zero attached hydrogens (tertiary/aromatic N) is 2. The number of hydrogen-bond donors (Lipinski definition) is 0. The van der Waals surface area contributed by atoms with Gasteiger partial charge in [0.2, 0.25) is 0 Å². The van der Waals surface area contributed by atoms with Crippen LogP contribution >= 0.6 is 0 Å². The van der Waals surface area contributed by atoms with Gasteiger partial charge in [-0.15, -0.1) is 0 Å². The molecule has 54 heavy (non-hydrogen) atoms. The van der Waals surface area contributed by atoms with E-state index in [2.05, 4.69) is 215 Å². The van der Waals surface area contributed by atoms with Crippen LogP contribution in [0.4, 0.5) is 0 Å². The zero-order valence-corrected chi connectivity index (χ0v) is 29.5. The Labute approximate surface area is 313 Å². The first-order valence-electron chi connectivity index (χ1n) is 18.6. The molecule has 0 aliphatic heterocycles. The first-order chi connectivity index (χ1) is 26.8. The molecule has 2 aromatic heterocycles. The molecular weight excluding hydrogens is 653 g/mol. The lowest BCUT2D eigenvalue weighted by Crippen LogP contribution is -1.96. The Kier molecular flexibility index (Phi) is 6.90. The lowest BCUT2D eigenvalue weighted by atomic mass is 9.97. The highest BCUT2D eigenvalue weighted by Gasteiger charge is 2.18. The number of benzene rings is 9. The third-order valence-corrected chi connectivity index (χ3v) is 11.1. The lowest BCUT2D eigenvalue weighted by Gasteiger charge is -2.15. The van der Waals surface area contributed by atoms with Crippen molar-refractivity contribution in [2.24, 2.45) is 0 Å². The zero-order valence-electron chi connectivity index (χ0n) is 29.5. The van der Waals surface area contributed by atoms with Crippen molar-refractivity contribution in [1.82, 2.24) is 9.13 Å². The third kappa shape index (κ3) is 4.74. The van der Waals surface area contributed by atoms with Gasteiger partial charge >= 0.3 is 0 Å². The Morgan fingerprint density at radius 3 is 1.39 bits per heavy atom. The molecule has 252 valence electrons. The van der Waals surface area contributed by atoms with E-state index in [0.29, 0.717) is 0 Å². The normalized spacial score (nSPS) is 11.7. The van der Waals surface area contributed by atoms with Crippen LogP contribution in [0.2, 0.25) is 0 Å². The predicted molar refractivity (Wildman–Crippen MR) is 229 cm³/mol. The van der Waals surface area contributed by atoms with Crippen LogP contribution < -0.4 is 0 Å². The Morgan fingerprint density at radius 2 is 0.722 bits per heavy atom. The zero-order chi connectivity index (χ0) is 35.6. The summed E-state index contributed by atoms with van der Waals surface area (Å²) in [4.78, 5) is 0. The van der Waals surface area contributed by atoms with E-state index in [1.54, 1.807) is 0 Å². The molecule has 0 fully saturated rings. The fourth-order valence-corrected chi connectivity index (χ4v) is 8.65. The van der Waals surface area contributed by atoms with Gasteiger partial charge in [0.15, 0.2) is 0 Å². The second-order valence-electron chi connectivity index (χ2n) is 14.1. The minimum absolute atomic E-state index is 1.16. The van der Waals surface area contributed by atoms with E-state index in [9.17, 15) is 0 Å². The monoisotopic (exact) mass is 686 g/mol. The summed E-state index contributed by atoms with van der Waals surface area (Å²) in [6.07, 6.45) is 0. The van der Waals surface area contributed by atoms with Crippen molar-refractivity contribution < 1.29 is 0 Å². The van der Waals surface area contributed by atoms with E-state index in [1.807, 2.05) is 0 Å². The van der Waals surface area contributed by atoms with Crippen LogP contribution in [0, 0.1) is 0 Å². The maximum Gasteiger partial charge on any atom is 0.0541 e. The minimum atomic E-state index is 1.16. The van der Waals surface area contributed by atoms with Crippen molar-refractivity contribution in [3.05, 3.63) is 206 Å². The Hall–Kier alpha value is -7.16. The molecule has 0 radical (unpaired) electrons. The van der Waals surface area contributed by atoms with Gasteiger partial charge in [-0.2, -0.15) is 0 Å². The smallest absolute Gasteiger partial charge is 0.0541 e. The van der Waals surface area contributed by atoms with Gasteiger partial charge < -0.3 is 9.13 Å². The number of aromatic nitrogens is 2. The van der Waals surface area contributed by atoms with E-state index in [4.69, 9.17) is 0 Å². The maximum atomic E-state index is 2.45. The molecule has 9 aromatic carbocycles. The molecule has 0 unspecified atom stereocenters.